The van der Waals surface area contributed by atoms with Gasteiger partial charge in [0.05, 0.1) is 35.3 Å². The first-order valence-corrected chi connectivity index (χ1v) is 10.5. The first kappa shape index (κ1) is 19.8. The SMILES string of the molecule is Cc1c(S(=O)(=O)N2CCN(C(=O)CCn3ncc(Cl)c3C)CC2)cnn1C. The van der Waals surface area contributed by atoms with E-state index in [-0.39, 0.29) is 23.9 Å². The van der Waals surface area contributed by atoms with Gasteiger partial charge < -0.3 is 4.90 Å². The van der Waals surface area contributed by atoms with Crippen molar-refractivity contribution < 1.29 is 13.2 Å². The lowest BCUT2D eigenvalue weighted by atomic mass is 10.3. The number of hydrogen-bond acceptors (Lipinski definition) is 5. The first-order valence-electron chi connectivity index (χ1n) is 8.66. The fourth-order valence-corrected chi connectivity index (χ4v) is 4.81. The zero-order chi connectivity index (χ0) is 19.8. The predicted molar refractivity (Wildman–Crippen MR) is 99.9 cm³/mol. The molecule has 0 N–H and O–H groups in total. The average Bonchev–Trinajstić information content (AvgIpc) is 3.16. The van der Waals surface area contributed by atoms with Crippen LogP contribution in [0.15, 0.2) is 17.3 Å². The minimum atomic E-state index is -3.60. The molecule has 1 saturated heterocycles. The van der Waals surface area contributed by atoms with E-state index in [1.54, 1.807) is 29.7 Å². The van der Waals surface area contributed by atoms with E-state index in [1.807, 2.05) is 6.92 Å². The van der Waals surface area contributed by atoms with Crippen LogP contribution in [0.4, 0.5) is 0 Å². The van der Waals surface area contributed by atoms with Gasteiger partial charge in [-0.3, -0.25) is 14.2 Å². The summed E-state index contributed by atoms with van der Waals surface area (Å²) in [5.74, 6) is -0.0179. The van der Waals surface area contributed by atoms with Gasteiger partial charge in [0.25, 0.3) is 0 Å². The van der Waals surface area contributed by atoms with Crippen molar-refractivity contribution in [3.8, 4) is 0 Å². The summed E-state index contributed by atoms with van der Waals surface area (Å²) in [6, 6.07) is 0. The molecule has 27 heavy (non-hydrogen) atoms. The Kier molecular flexibility index (Phi) is 5.59. The summed E-state index contributed by atoms with van der Waals surface area (Å²) in [5, 5.41) is 8.73. The number of aryl methyl sites for hydroxylation is 2. The highest BCUT2D eigenvalue weighted by Crippen LogP contribution is 2.21. The second-order valence-corrected chi connectivity index (χ2v) is 8.87. The maximum Gasteiger partial charge on any atom is 0.246 e. The average molecular weight is 415 g/mol. The number of carbonyl (C=O) groups is 1. The number of aromatic nitrogens is 4. The van der Waals surface area contributed by atoms with Gasteiger partial charge in [-0.05, 0) is 13.8 Å². The van der Waals surface area contributed by atoms with Gasteiger partial charge in [-0.25, -0.2) is 8.42 Å². The van der Waals surface area contributed by atoms with E-state index < -0.39 is 10.0 Å². The second kappa shape index (κ2) is 7.61. The number of amides is 1. The highest BCUT2D eigenvalue weighted by molar-refractivity contribution is 7.89. The number of piperazine rings is 1. The van der Waals surface area contributed by atoms with Gasteiger partial charge in [-0.15, -0.1) is 0 Å². The molecule has 1 amide bonds. The Morgan fingerprint density at radius 1 is 1.11 bits per heavy atom. The maximum absolute atomic E-state index is 12.8. The number of rotatable bonds is 5. The van der Waals surface area contributed by atoms with Gasteiger partial charge in [0.15, 0.2) is 0 Å². The molecular formula is C16H23ClN6O3S. The third kappa shape index (κ3) is 3.87. The molecule has 0 bridgehead atoms. The van der Waals surface area contributed by atoms with Gasteiger partial charge in [-0.1, -0.05) is 11.6 Å². The van der Waals surface area contributed by atoms with E-state index in [9.17, 15) is 13.2 Å². The molecule has 0 aromatic carbocycles. The van der Waals surface area contributed by atoms with Crippen LogP contribution in [-0.2, 0) is 28.4 Å². The van der Waals surface area contributed by atoms with Crippen LogP contribution >= 0.6 is 11.6 Å². The van der Waals surface area contributed by atoms with Crippen LogP contribution in [-0.4, -0.2) is 69.3 Å². The van der Waals surface area contributed by atoms with Crippen molar-refractivity contribution in [2.24, 2.45) is 7.05 Å². The van der Waals surface area contributed by atoms with Crippen molar-refractivity contribution in [2.45, 2.75) is 31.7 Å². The smallest absolute Gasteiger partial charge is 0.246 e. The molecule has 0 aliphatic carbocycles. The molecule has 0 spiro atoms. The molecule has 0 radical (unpaired) electrons. The minimum absolute atomic E-state index is 0.0179. The van der Waals surface area contributed by atoms with Crippen molar-refractivity contribution >= 4 is 27.5 Å². The Hall–Kier alpha value is -1.91. The van der Waals surface area contributed by atoms with Gasteiger partial charge in [-0.2, -0.15) is 14.5 Å². The van der Waals surface area contributed by atoms with Crippen molar-refractivity contribution in [2.75, 3.05) is 26.2 Å². The fourth-order valence-electron chi connectivity index (χ4n) is 3.06. The summed E-state index contributed by atoms with van der Waals surface area (Å²) >= 11 is 5.97. The number of hydrogen-bond donors (Lipinski definition) is 0. The van der Waals surface area contributed by atoms with Gasteiger partial charge in [0.1, 0.15) is 4.90 Å². The normalized spacial score (nSPS) is 16.1. The lowest BCUT2D eigenvalue weighted by Crippen LogP contribution is -2.50. The standard InChI is InChI=1S/C16H23ClN6O3S/c1-12-14(17)10-19-23(12)5-4-16(24)21-6-8-22(9-7-21)27(25,26)15-11-18-20(3)13(15)2/h10-11H,4-9H2,1-3H3. The third-order valence-electron chi connectivity index (χ3n) is 4.98. The van der Waals surface area contributed by atoms with Crippen molar-refractivity contribution in [1.82, 2.24) is 28.8 Å². The lowest BCUT2D eigenvalue weighted by molar-refractivity contribution is -0.132. The van der Waals surface area contributed by atoms with E-state index in [0.717, 1.165) is 5.69 Å². The van der Waals surface area contributed by atoms with E-state index in [1.165, 1.54) is 15.2 Å². The summed E-state index contributed by atoms with van der Waals surface area (Å²) in [7, 11) is -1.89. The Labute approximate surface area is 163 Å². The summed E-state index contributed by atoms with van der Waals surface area (Å²) < 4.78 is 30.2. The van der Waals surface area contributed by atoms with Crippen LogP contribution < -0.4 is 0 Å². The van der Waals surface area contributed by atoms with Gasteiger partial charge in [0, 0.05) is 39.6 Å². The molecule has 9 nitrogen and oxygen atoms in total. The molecule has 11 heteroatoms. The van der Waals surface area contributed by atoms with Crippen molar-refractivity contribution in [1.29, 1.82) is 0 Å². The van der Waals surface area contributed by atoms with E-state index in [2.05, 4.69) is 10.2 Å². The van der Waals surface area contributed by atoms with Crippen LogP contribution in [0.1, 0.15) is 17.8 Å². The Bertz CT molecular complexity index is 944. The van der Waals surface area contributed by atoms with Crippen LogP contribution in [0, 0.1) is 13.8 Å². The fraction of sp³-hybridized carbons (Fsp3) is 0.562. The minimum Gasteiger partial charge on any atom is -0.340 e. The number of carbonyl (C=O) groups excluding carboxylic acids is 1. The van der Waals surface area contributed by atoms with Gasteiger partial charge >= 0.3 is 0 Å². The summed E-state index contributed by atoms with van der Waals surface area (Å²) in [4.78, 5) is 14.4. The van der Waals surface area contributed by atoms with Gasteiger partial charge in [0.2, 0.25) is 15.9 Å². The van der Waals surface area contributed by atoms with Crippen molar-refractivity contribution in [3.05, 3.63) is 28.8 Å². The van der Waals surface area contributed by atoms with E-state index in [4.69, 9.17) is 11.6 Å². The van der Waals surface area contributed by atoms with E-state index in [0.29, 0.717) is 36.8 Å². The van der Waals surface area contributed by atoms with Crippen molar-refractivity contribution in [3.63, 3.8) is 0 Å². The largest absolute Gasteiger partial charge is 0.340 e. The predicted octanol–water partition coefficient (Wildman–Crippen LogP) is 0.810. The highest BCUT2D eigenvalue weighted by atomic mass is 35.5. The van der Waals surface area contributed by atoms with E-state index >= 15 is 0 Å². The molecule has 1 aliphatic rings. The number of sulfonamides is 1. The van der Waals surface area contributed by atoms with Crippen LogP contribution in [0.3, 0.4) is 0 Å². The monoisotopic (exact) mass is 414 g/mol. The maximum atomic E-state index is 12.8. The quantitative estimate of drug-likeness (QED) is 0.721. The molecule has 2 aromatic rings. The Morgan fingerprint density at radius 2 is 1.78 bits per heavy atom. The molecule has 148 valence electrons. The first-order chi connectivity index (χ1) is 12.7. The molecule has 3 heterocycles. The topological polar surface area (TPSA) is 93.3 Å². The Balaban J connectivity index is 1.57. The molecule has 0 atom stereocenters. The van der Waals surface area contributed by atoms with Crippen LogP contribution in [0.25, 0.3) is 0 Å². The zero-order valence-electron chi connectivity index (χ0n) is 15.6. The molecular weight excluding hydrogens is 392 g/mol. The highest BCUT2D eigenvalue weighted by Gasteiger charge is 2.32. The summed E-state index contributed by atoms with van der Waals surface area (Å²) in [6.07, 6.45) is 3.23. The van der Waals surface area contributed by atoms with Crippen LogP contribution in [0.5, 0.6) is 0 Å². The zero-order valence-corrected chi connectivity index (χ0v) is 17.2. The number of nitrogens with zero attached hydrogens (tertiary/aromatic N) is 6. The third-order valence-corrected chi connectivity index (χ3v) is 7.35. The molecule has 3 rings (SSSR count). The second-order valence-electron chi connectivity index (χ2n) is 6.55. The molecule has 1 fully saturated rings. The number of halogens is 1. The van der Waals surface area contributed by atoms with Crippen LogP contribution in [0.2, 0.25) is 5.02 Å². The molecule has 2 aromatic heterocycles. The molecule has 0 unspecified atom stereocenters. The lowest BCUT2D eigenvalue weighted by Gasteiger charge is -2.34. The Morgan fingerprint density at radius 3 is 2.30 bits per heavy atom. The summed E-state index contributed by atoms with van der Waals surface area (Å²) in [6.45, 7) is 5.31. The summed E-state index contributed by atoms with van der Waals surface area (Å²) in [5.41, 5.74) is 1.42. The molecule has 1 aliphatic heterocycles. The molecule has 0 saturated carbocycles.